The number of aromatic amines is 1. The van der Waals surface area contributed by atoms with Gasteiger partial charge in [-0.15, -0.1) is 0 Å². The number of allylic oxidation sites excluding steroid dienone is 1. The molecule has 0 unspecified atom stereocenters. The van der Waals surface area contributed by atoms with Crippen LogP contribution in [0.2, 0.25) is 5.02 Å². The molecule has 0 radical (unpaired) electrons. The third-order valence-corrected chi connectivity index (χ3v) is 6.96. The Bertz CT molecular complexity index is 1760. The summed E-state index contributed by atoms with van der Waals surface area (Å²) < 4.78 is 13.1. The minimum Gasteiger partial charge on any atom is -0.488 e. The summed E-state index contributed by atoms with van der Waals surface area (Å²) in [6, 6.07) is 16.1. The van der Waals surface area contributed by atoms with E-state index in [2.05, 4.69) is 39.8 Å². The molecule has 0 amide bonds. The number of aryl methyl sites for hydroxylation is 2. The van der Waals surface area contributed by atoms with Crippen molar-refractivity contribution in [2.24, 2.45) is 0 Å². The van der Waals surface area contributed by atoms with E-state index in [0.29, 0.717) is 24.0 Å². The van der Waals surface area contributed by atoms with E-state index in [0.717, 1.165) is 68.3 Å². The fourth-order valence-corrected chi connectivity index (χ4v) is 5.24. The molecule has 9 heteroatoms. The van der Waals surface area contributed by atoms with Crippen LogP contribution in [-0.2, 0) is 19.6 Å². The van der Waals surface area contributed by atoms with Crippen LogP contribution in [0.4, 0.5) is 0 Å². The van der Waals surface area contributed by atoms with E-state index in [9.17, 15) is 4.79 Å². The molecule has 0 aliphatic carbocycles. The highest BCUT2D eigenvalue weighted by atomic mass is 35.5. The Morgan fingerprint density at radius 1 is 1.14 bits per heavy atom. The number of nitrogens with zero attached hydrogens (tertiary/aromatic N) is 4. The zero-order valence-electron chi connectivity index (χ0n) is 20.6. The molecule has 1 aliphatic rings. The lowest BCUT2D eigenvalue weighted by Gasteiger charge is -2.15. The zero-order chi connectivity index (χ0) is 25.7. The summed E-state index contributed by atoms with van der Waals surface area (Å²) in [5, 5.41) is 4.54. The van der Waals surface area contributed by atoms with Crippen molar-refractivity contribution in [3.63, 3.8) is 0 Å². The fourth-order valence-electron chi connectivity index (χ4n) is 4.96. The smallest absolute Gasteiger partial charge is 0.439 e. The Morgan fingerprint density at radius 2 is 1.97 bits per heavy atom. The van der Waals surface area contributed by atoms with Gasteiger partial charge in [0.05, 0.1) is 11.6 Å². The number of rotatable bonds is 4. The number of hydrogen-bond acceptors (Lipinski definition) is 6. The first kappa shape index (κ1) is 23.2. The third-order valence-electron chi connectivity index (χ3n) is 6.67. The predicted octanol–water partition coefficient (Wildman–Crippen LogP) is 5.55. The van der Waals surface area contributed by atoms with Crippen LogP contribution >= 0.6 is 11.6 Å². The first-order chi connectivity index (χ1) is 17.9. The Labute approximate surface area is 217 Å². The van der Waals surface area contributed by atoms with Crippen molar-refractivity contribution in [1.82, 2.24) is 24.7 Å². The van der Waals surface area contributed by atoms with Gasteiger partial charge in [0.15, 0.2) is 11.5 Å². The highest BCUT2D eigenvalue weighted by Gasteiger charge is 2.23. The number of halogens is 1. The lowest BCUT2D eigenvalue weighted by Crippen LogP contribution is -2.07. The van der Waals surface area contributed by atoms with Crippen molar-refractivity contribution < 1.29 is 9.26 Å². The van der Waals surface area contributed by atoms with Gasteiger partial charge >= 0.3 is 5.76 Å². The average molecular weight is 514 g/mol. The number of aromatic nitrogens is 5. The van der Waals surface area contributed by atoms with Gasteiger partial charge in [0, 0.05) is 23.3 Å². The van der Waals surface area contributed by atoms with Crippen molar-refractivity contribution in [2.45, 2.75) is 40.3 Å². The van der Waals surface area contributed by atoms with Gasteiger partial charge in [0.25, 0.3) is 0 Å². The molecule has 1 N–H and O–H groups in total. The molecule has 5 aromatic rings. The van der Waals surface area contributed by atoms with Gasteiger partial charge < -0.3 is 9.30 Å². The molecule has 0 saturated heterocycles. The summed E-state index contributed by atoms with van der Waals surface area (Å²) >= 11 is 6.49. The quantitative estimate of drug-likeness (QED) is 0.338. The van der Waals surface area contributed by atoms with Crippen LogP contribution in [0.5, 0.6) is 5.75 Å². The molecule has 0 saturated carbocycles. The molecular weight excluding hydrogens is 490 g/mol. The number of pyridine rings is 1. The maximum atomic E-state index is 11.7. The van der Waals surface area contributed by atoms with E-state index in [1.807, 2.05) is 44.2 Å². The number of imidazole rings is 1. The van der Waals surface area contributed by atoms with Gasteiger partial charge in [0.1, 0.15) is 23.7 Å². The molecule has 1 aliphatic heterocycles. The van der Waals surface area contributed by atoms with E-state index >= 15 is 0 Å². The molecule has 0 fully saturated rings. The van der Waals surface area contributed by atoms with E-state index in [4.69, 9.17) is 30.8 Å². The van der Waals surface area contributed by atoms with Crippen molar-refractivity contribution >= 4 is 33.9 Å². The largest absolute Gasteiger partial charge is 0.488 e. The van der Waals surface area contributed by atoms with E-state index < -0.39 is 5.76 Å². The second kappa shape index (κ2) is 9.05. The van der Waals surface area contributed by atoms with Crippen LogP contribution in [0.15, 0.2) is 57.8 Å². The summed E-state index contributed by atoms with van der Waals surface area (Å²) in [6.45, 7) is 6.94. The van der Waals surface area contributed by atoms with E-state index in [-0.39, 0.29) is 0 Å². The Kier molecular flexibility index (Phi) is 5.68. The molecular formula is C28H24ClN5O3. The lowest BCUT2D eigenvalue weighted by atomic mass is 9.89. The molecule has 6 rings (SSSR count). The summed E-state index contributed by atoms with van der Waals surface area (Å²) in [5.74, 6) is 1.50. The molecule has 37 heavy (non-hydrogen) atoms. The van der Waals surface area contributed by atoms with Crippen molar-refractivity contribution in [1.29, 1.82) is 0 Å². The topological polar surface area (TPSA) is 98.8 Å². The average Bonchev–Trinajstić information content (AvgIpc) is 3.43. The highest BCUT2D eigenvalue weighted by Crippen LogP contribution is 2.40. The lowest BCUT2D eigenvalue weighted by molar-refractivity contribution is 0.307. The maximum absolute atomic E-state index is 11.7. The van der Waals surface area contributed by atoms with Crippen LogP contribution in [0.25, 0.3) is 22.3 Å². The summed E-state index contributed by atoms with van der Waals surface area (Å²) in [7, 11) is 0. The van der Waals surface area contributed by atoms with Gasteiger partial charge in [-0.1, -0.05) is 54.0 Å². The number of fused-ring (bicyclic) bond motifs is 3. The van der Waals surface area contributed by atoms with Crippen LogP contribution in [0.3, 0.4) is 0 Å². The second-order valence-electron chi connectivity index (χ2n) is 9.11. The van der Waals surface area contributed by atoms with Gasteiger partial charge in [-0.3, -0.25) is 9.51 Å². The van der Waals surface area contributed by atoms with E-state index in [1.165, 1.54) is 0 Å². The number of para-hydroxylation sites is 1. The molecule has 4 heterocycles. The summed E-state index contributed by atoms with van der Waals surface area (Å²) in [5.41, 5.74) is 8.15. The Balaban J connectivity index is 1.49. The predicted molar refractivity (Wildman–Crippen MR) is 142 cm³/mol. The van der Waals surface area contributed by atoms with Crippen molar-refractivity contribution in [3.8, 4) is 5.75 Å². The standard InChI is InChI=1S/C28H24ClN5O3/c1-4-23-31-25-21(29)11-15(2)30-27(25)34(23)13-17-9-10-19-18(12-17)14-36-22-8-6-5-7-20(22)24(19)16(3)26-32-28(35)37-33-26/h5-12H,4,13-14H2,1-3H3,(H,32,33,35)/b24-16-. The van der Waals surface area contributed by atoms with Crippen LogP contribution in [0.1, 0.15) is 53.4 Å². The number of benzene rings is 2. The van der Waals surface area contributed by atoms with E-state index in [1.54, 1.807) is 0 Å². The first-order valence-corrected chi connectivity index (χ1v) is 12.4. The highest BCUT2D eigenvalue weighted by molar-refractivity contribution is 6.34. The molecule has 0 atom stereocenters. The van der Waals surface area contributed by atoms with Crippen molar-refractivity contribution in [3.05, 3.63) is 104 Å². The number of hydrogen-bond donors (Lipinski definition) is 1. The van der Waals surface area contributed by atoms with Crippen LogP contribution in [0, 0.1) is 6.92 Å². The van der Waals surface area contributed by atoms with Gasteiger partial charge in [0.2, 0.25) is 0 Å². The van der Waals surface area contributed by atoms with Gasteiger partial charge in [-0.05, 0) is 54.3 Å². The Hall–Kier alpha value is -4.17. The van der Waals surface area contributed by atoms with Gasteiger partial charge in [-0.2, -0.15) is 0 Å². The number of ether oxygens (including phenoxy) is 1. The monoisotopic (exact) mass is 513 g/mol. The van der Waals surface area contributed by atoms with Crippen LogP contribution in [-0.4, -0.2) is 24.7 Å². The molecule has 0 bridgehead atoms. The summed E-state index contributed by atoms with van der Waals surface area (Å²) in [4.78, 5) is 23.8. The molecule has 2 aromatic carbocycles. The SMILES string of the molecule is CCc1nc2c(Cl)cc(C)nc2n1Cc1ccc2c(c1)COc1ccccc1/C2=C(/C)c1noc(=O)[nH]1. The number of nitrogens with one attached hydrogen (secondary N) is 1. The Morgan fingerprint density at radius 3 is 2.76 bits per heavy atom. The molecule has 186 valence electrons. The maximum Gasteiger partial charge on any atom is 0.439 e. The van der Waals surface area contributed by atoms with Gasteiger partial charge in [-0.25, -0.2) is 14.8 Å². The fraction of sp³-hybridized carbons (Fsp3) is 0.214. The molecule has 0 spiro atoms. The summed E-state index contributed by atoms with van der Waals surface area (Å²) in [6.07, 6.45) is 0.761. The minimum absolute atomic E-state index is 0.391. The minimum atomic E-state index is -0.591. The molecule has 3 aromatic heterocycles. The number of H-pyrrole nitrogens is 1. The normalized spacial score (nSPS) is 14.2. The molecule has 8 nitrogen and oxygen atoms in total. The third kappa shape index (κ3) is 4.03. The second-order valence-corrected chi connectivity index (χ2v) is 9.51. The van der Waals surface area contributed by atoms with Crippen molar-refractivity contribution in [2.75, 3.05) is 0 Å². The zero-order valence-corrected chi connectivity index (χ0v) is 21.4. The van der Waals surface area contributed by atoms with Crippen LogP contribution < -0.4 is 10.5 Å². The first-order valence-electron chi connectivity index (χ1n) is 12.1.